The van der Waals surface area contributed by atoms with Crippen LogP contribution in [0, 0.1) is 6.92 Å². The molecule has 0 unspecified atom stereocenters. The minimum Gasteiger partial charge on any atom is -0.388 e. The maximum atomic E-state index is 8.94. The second-order valence-corrected chi connectivity index (χ2v) is 3.33. The van der Waals surface area contributed by atoms with Crippen LogP contribution < -0.4 is 16.6 Å². The first-order valence-electron chi connectivity index (χ1n) is 4.43. The molecule has 4 N–H and O–H groups in total. The zero-order valence-corrected chi connectivity index (χ0v) is 10.5. The molecule has 0 saturated carbocycles. The monoisotopic (exact) mass is 273 g/mol. The fourth-order valence-corrected chi connectivity index (χ4v) is 1.86. The largest absolute Gasteiger partial charge is 0.388 e. The van der Waals surface area contributed by atoms with E-state index in [0.29, 0.717) is 6.41 Å². The van der Waals surface area contributed by atoms with Crippen molar-refractivity contribution in [2.45, 2.75) is 12.3 Å². The van der Waals surface area contributed by atoms with Gasteiger partial charge in [0.05, 0.1) is 0 Å². The van der Waals surface area contributed by atoms with Crippen LogP contribution in [0.15, 0.2) is 18.2 Å². The number of hydrogen-bond acceptors (Lipinski definition) is 3. The smallest absolute Gasteiger partial charge is 0.221 e. The van der Waals surface area contributed by atoms with Crippen molar-refractivity contribution in [2.75, 3.05) is 12.4 Å². The van der Waals surface area contributed by atoms with E-state index in [-0.39, 0.29) is 0 Å². The van der Waals surface area contributed by atoms with E-state index in [9.17, 15) is 0 Å². The Morgan fingerprint density at radius 2 is 2.13 bits per heavy atom. The van der Waals surface area contributed by atoms with Crippen molar-refractivity contribution in [3.8, 4) is 0 Å². The second kappa shape index (κ2) is 8.26. The number of anilines is 1. The summed E-state index contributed by atoms with van der Waals surface area (Å²) in [6, 6.07) is 6.27. The van der Waals surface area contributed by atoms with Gasteiger partial charge >= 0.3 is 0 Å². The number of benzene rings is 1. The van der Waals surface area contributed by atoms with Crippen molar-refractivity contribution in [3.63, 3.8) is 0 Å². The molecule has 0 aliphatic carbocycles. The number of alkyl halides is 1. The van der Waals surface area contributed by atoms with Gasteiger partial charge in [0.2, 0.25) is 6.41 Å². The standard InChI is InChI=1S/C9H12BrN.CH4N2O/c1-7-4-3-5-9(11-2)8(7)6-10;2-3-1-4/h3-5,11H,6H2,1-2H3;1H,2H2,(H,3,4). The van der Waals surface area contributed by atoms with E-state index in [4.69, 9.17) is 4.79 Å². The van der Waals surface area contributed by atoms with E-state index in [0.717, 1.165) is 5.33 Å². The Labute approximate surface area is 98.3 Å². The van der Waals surface area contributed by atoms with Gasteiger partial charge in [-0.05, 0) is 24.1 Å². The van der Waals surface area contributed by atoms with Gasteiger partial charge in [0.25, 0.3) is 0 Å². The highest BCUT2D eigenvalue weighted by Gasteiger charge is 2.00. The van der Waals surface area contributed by atoms with Crippen LogP contribution in [0.1, 0.15) is 11.1 Å². The molecule has 0 spiro atoms. The number of rotatable bonds is 3. The van der Waals surface area contributed by atoms with Gasteiger partial charge in [-0.25, -0.2) is 5.84 Å². The van der Waals surface area contributed by atoms with Gasteiger partial charge in [0, 0.05) is 18.1 Å². The molecule has 0 fully saturated rings. The van der Waals surface area contributed by atoms with Crippen LogP contribution in [-0.2, 0) is 10.1 Å². The summed E-state index contributed by atoms with van der Waals surface area (Å²) >= 11 is 3.46. The summed E-state index contributed by atoms with van der Waals surface area (Å²) < 4.78 is 0. The quantitative estimate of drug-likeness (QED) is 0.257. The van der Waals surface area contributed by atoms with Gasteiger partial charge in [-0.2, -0.15) is 0 Å². The van der Waals surface area contributed by atoms with E-state index in [1.165, 1.54) is 16.8 Å². The molecule has 1 amide bonds. The Balaban J connectivity index is 0.000000423. The minimum atomic E-state index is 0.403. The number of hydrazine groups is 1. The molecule has 0 radical (unpaired) electrons. The minimum absolute atomic E-state index is 0.403. The molecule has 1 aromatic carbocycles. The normalized spacial score (nSPS) is 8.53. The lowest BCUT2D eigenvalue weighted by Gasteiger charge is -2.08. The van der Waals surface area contributed by atoms with Crippen molar-refractivity contribution >= 4 is 28.0 Å². The molecular formula is C10H16BrN3O. The summed E-state index contributed by atoms with van der Waals surface area (Å²) in [5, 5.41) is 4.07. The SMILES string of the molecule is CNc1cccc(C)c1CBr.NNC=O. The number of nitrogens with one attached hydrogen (secondary N) is 2. The van der Waals surface area contributed by atoms with Gasteiger partial charge in [0.1, 0.15) is 0 Å². The summed E-state index contributed by atoms with van der Waals surface area (Å²) in [6.45, 7) is 2.12. The van der Waals surface area contributed by atoms with E-state index in [1.807, 2.05) is 7.05 Å². The van der Waals surface area contributed by atoms with Crippen LogP contribution >= 0.6 is 15.9 Å². The molecule has 0 aliphatic rings. The molecule has 1 aromatic rings. The number of carbonyl (C=O) groups excluding carboxylic acids is 1. The van der Waals surface area contributed by atoms with Gasteiger partial charge in [-0.3, -0.25) is 10.2 Å². The van der Waals surface area contributed by atoms with E-state index >= 15 is 0 Å². The fraction of sp³-hybridized carbons (Fsp3) is 0.300. The number of aryl methyl sites for hydroxylation is 1. The van der Waals surface area contributed by atoms with Crippen LogP contribution in [0.4, 0.5) is 5.69 Å². The molecule has 5 heteroatoms. The first kappa shape index (κ1) is 13.9. The third kappa shape index (κ3) is 4.80. The molecule has 0 bridgehead atoms. The number of halogens is 1. The molecular weight excluding hydrogens is 258 g/mol. The molecule has 15 heavy (non-hydrogen) atoms. The lowest BCUT2D eigenvalue weighted by Crippen LogP contribution is -2.18. The molecule has 0 aliphatic heterocycles. The van der Waals surface area contributed by atoms with Crippen molar-refractivity contribution < 1.29 is 4.79 Å². The van der Waals surface area contributed by atoms with Gasteiger partial charge < -0.3 is 5.32 Å². The fourth-order valence-electron chi connectivity index (χ4n) is 1.11. The highest BCUT2D eigenvalue weighted by atomic mass is 79.9. The Hall–Kier alpha value is -1.07. The number of hydrogen-bond donors (Lipinski definition) is 3. The maximum Gasteiger partial charge on any atom is 0.221 e. The Morgan fingerprint density at radius 3 is 2.47 bits per heavy atom. The third-order valence-corrected chi connectivity index (χ3v) is 2.44. The Kier molecular flexibility index (Phi) is 7.67. The molecule has 84 valence electrons. The van der Waals surface area contributed by atoms with Gasteiger partial charge in [-0.1, -0.05) is 28.1 Å². The maximum absolute atomic E-state index is 8.94. The van der Waals surface area contributed by atoms with Crippen LogP contribution in [0.2, 0.25) is 0 Å². The molecule has 4 nitrogen and oxygen atoms in total. The average molecular weight is 274 g/mol. The summed E-state index contributed by atoms with van der Waals surface area (Å²) in [4.78, 5) is 8.94. The predicted molar refractivity (Wildman–Crippen MR) is 66.7 cm³/mol. The van der Waals surface area contributed by atoms with E-state index in [1.54, 1.807) is 5.43 Å². The van der Waals surface area contributed by atoms with Crippen LogP contribution in [0.25, 0.3) is 0 Å². The van der Waals surface area contributed by atoms with Crippen molar-refractivity contribution in [2.24, 2.45) is 5.84 Å². The second-order valence-electron chi connectivity index (χ2n) is 2.77. The summed E-state index contributed by atoms with van der Waals surface area (Å²) in [6.07, 6.45) is 0.403. The number of carbonyl (C=O) groups is 1. The van der Waals surface area contributed by atoms with Crippen molar-refractivity contribution in [1.82, 2.24) is 5.43 Å². The molecule has 0 saturated heterocycles. The average Bonchev–Trinajstić information content (AvgIpc) is 2.29. The highest BCUT2D eigenvalue weighted by Crippen LogP contribution is 2.21. The molecule has 0 atom stereocenters. The summed E-state index contributed by atoms with van der Waals surface area (Å²) in [5.74, 6) is 4.41. The van der Waals surface area contributed by atoms with Crippen molar-refractivity contribution in [3.05, 3.63) is 29.3 Å². The van der Waals surface area contributed by atoms with Crippen molar-refractivity contribution in [1.29, 1.82) is 0 Å². The van der Waals surface area contributed by atoms with E-state index < -0.39 is 0 Å². The van der Waals surface area contributed by atoms with Crippen LogP contribution in [0.3, 0.4) is 0 Å². The molecule has 0 aromatic heterocycles. The first-order valence-corrected chi connectivity index (χ1v) is 5.55. The first-order chi connectivity index (χ1) is 7.21. The molecule has 1 rings (SSSR count). The van der Waals surface area contributed by atoms with E-state index in [2.05, 4.69) is 52.2 Å². The third-order valence-electron chi connectivity index (χ3n) is 1.88. The topological polar surface area (TPSA) is 67.2 Å². The summed E-state index contributed by atoms with van der Waals surface area (Å²) in [7, 11) is 1.95. The number of nitrogens with two attached hydrogens (primary N) is 1. The zero-order chi connectivity index (χ0) is 11.7. The Morgan fingerprint density at radius 1 is 1.53 bits per heavy atom. The lowest BCUT2D eigenvalue weighted by atomic mass is 10.1. The number of amides is 1. The highest BCUT2D eigenvalue weighted by molar-refractivity contribution is 9.08. The Bertz CT molecular complexity index is 305. The van der Waals surface area contributed by atoms with Gasteiger partial charge in [0.15, 0.2) is 0 Å². The predicted octanol–water partition coefficient (Wildman–Crippen LogP) is 1.54. The van der Waals surface area contributed by atoms with Gasteiger partial charge in [-0.15, -0.1) is 0 Å². The van der Waals surface area contributed by atoms with Crippen LogP contribution in [-0.4, -0.2) is 13.5 Å². The zero-order valence-electron chi connectivity index (χ0n) is 8.88. The lowest BCUT2D eigenvalue weighted by molar-refractivity contribution is -0.109. The molecule has 0 heterocycles. The summed E-state index contributed by atoms with van der Waals surface area (Å²) in [5.41, 5.74) is 5.63. The van der Waals surface area contributed by atoms with Crippen LogP contribution in [0.5, 0.6) is 0 Å².